The minimum absolute atomic E-state index is 0.337. The maximum atomic E-state index is 12.7. The number of benzene rings is 1. The van der Waals surface area contributed by atoms with Crippen LogP contribution in [0, 0.1) is 0 Å². The van der Waals surface area contributed by atoms with Crippen molar-refractivity contribution in [2.75, 3.05) is 16.4 Å². The van der Waals surface area contributed by atoms with Crippen molar-refractivity contribution in [3.63, 3.8) is 0 Å². The minimum atomic E-state index is -1.25. The quantitative estimate of drug-likeness (QED) is 0.335. The van der Waals surface area contributed by atoms with Gasteiger partial charge in [-0.2, -0.15) is 0 Å². The molecule has 0 radical (unpaired) electrons. The third-order valence-corrected chi connectivity index (χ3v) is 7.08. The normalized spacial score (nSPS) is 19.2. The largest absolute Gasteiger partial charge is 0.323 e. The number of anilines is 2. The lowest BCUT2D eigenvalue weighted by atomic mass is 10.1. The fourth-order valence-corrected chi connectivity index (χ4v) is 5.16. The number of thioether (sulfide) groups is 2. The van der Waals surface area contributed by atoms with Crippen LogP contribution in [0.25, 0.3) is 0 Å². The highest BCUT2D eigenvalue weighted by molar-refractivity contribution is 8.02. The molecule has 1 unspecified atom stereocenters. The zero-order chi connectivity index (χ0) is 17.9. The van der Waals surface area contributed by atoms with Crippen molar-refractivity contribution in [3.8, 4) is 0 Å². The summed E-state index contributed by atoms with van der Waals surface area (Å²) in [6.45, 7) is 3.76. The number of amides is 2. The summed E-state index contributed by atoms with van der Waals surface area (Å²) in [5, 5.41) is 14.0. The van der Waals surface area contributed by atoms with Gasteiger partial charge in [0.1, 0.15) is 0 Å². The first-order valence-corrected chi connectivity index (χ1v) is 10.5. The average Bonchev–Trinajstić information content (AvgIpc) is 3.03. The van der Waals surface area contributed by atoms with E-state index in [1.807, 2.05) is 24.3 Å². The fourth-order valence-electron chi connectivity index (χ4n) is 2.16. The van der Waals surface area contributed by atoms with E-state index in [0.29, 0.717) is 5.13 Å². The third kappa shape index (κ3) is 3.99. The number of aromatic nitrogens is 2. The lowest BCUT2D eigenvalue weighted by Gasteiger charge is -2.31. The molecule has 1 aromatic carbocycles. The van der Waals surface area contributed by atoms with Gasteiger partial charge >= 0.3 is 0 Å². The van der Waals surface area contributed by atoms with Gasteiger partial charge in [0.2, 0.25) is 11.0 Å². The zero-order valence-corrected chi connectivity index (χ0v) is 16.3. The van der Waals surface area contributed by atoms with Gasteiger partial charge in [-0.25, -0.2) is 0 Å². The van der Waals surface area contributed by atoms with Crippen molar-refractivity contribution in [2.24, 2.45) is 0 Å². The highest BCUT2D eigenvalue weighted by Crippen LogP contribution is 2.43. The molecule has 6 nitrogen and oxygen atoms in total. The van der Waals surface area contributed by atoms with Crippen LogP contribution in [0.5, 0.6) is 0 Å². The number of carbonyl (C=O) groups excluding carboxylic acids is 2. The third-order valence-electron chi connectivity index (χ3n) is 3.67. The van der Waals surface area contributed by atoms with E-state index in [1.165, 1.54) is 23.1 Å². The van der Waals surface area contributed by atoms with E-state index in [9.17, 15) is 9.59 Å². The molecule has 2 amide bonds. The molecular weight excluding hydrogens is 376 g/mol. The molecule has 1 atom stereocenters. The van der Waals surface area contributed by atoms with E-state index in [2.05, 4.69) is 27.8 Å². The Morgan fingerprint density at radius 1 is 1.36 bits per heavy atom. The lowest BCUT2D eigenvalue weighted by Crippen LogP contribution is -2.49. The van der Waals surface area contributed by atoms with Crippen molar-refractivity contribution in [1.29, 1.82) is 0 Å². The first-order chi connectivity index (χ1) is 12.0. The van der Waals surface area contributed by atoms with Crippen LogP contribution in [-0.4, -0.2) is 32.5 Å². The fraction of sp³-hybridized carbons (Fsp3) is 0.375. The van der Waals surface area contributed by atoms with Gasteiger partial charge in [0, 0.05) is 10.6 Å². The maximum Gasteiger partial charge on any atom is 0.252 e. The molecule has 25 heavy (non-hydrogen) atoms. The summed E-state index contributed by atoms with van der Waals surface area (Å²) in [5.41, 5.74) is 0.730. The smallest absolute Gasteiger partial charge is 0.252 e. The molecule has 0 aliphatic carbocycles. The summed E-state index contributed by atoms with van der Waals surface area (Å²) >= 11 is 4.20. The molecule has 1 aliphatic heterocycles. The van der Waals surface area contributed by atoms with Crippen molar-refractivity contribution in [3.05, 3.63) is 24.3 Å². The SMILES string of the molecule is CCCCSc1nnc(NC(=O)C2(C)Sc3ccccc3NC2=O)s1. The van der Waals surface area contributed by atoms with Crippen LogP contribution < -0.4 is 10.6 Å². The van der Waals surface area contributed by atoms with Crippen LogP contribution in [0.3, 0.4) is 0 Å². The highest BCUT2D eigenvalue weighted by Gasteiger charge is 2.46. The Labute approximate surface area is 158 Å². The second-order valence-corrected chi connectivity index (χ2v) is 9.39. The van der Waals surface area contributed by atoms with Gasteiger partial charge in [-0.3, -0.25) is 14.9 Å². The molecule has 1 aliphatic rings. The number of nitrogens with zero attached hydrogens (tertiary/aromatic N) is 2. The van der Waals surface area contributed by atoms with Gasteiger partial charge < -0.3 is 5.32 Å². The molecule has 0 saturated heterocycles. The Hall–Kier alpha value is -1.58. The van der Waals surface area contributed by atoms with Crippen molar-refractivity contribution >= 4 is 57.5 Å². The predicted octanol–water partition coefficient (Wildman–Crippen LogP) is 3.87. The number of carbonyl (C=O) groups is 2. The van der Waals surface area contributed by atoms with E-state index >= 15 is 0 Å². The van der Waals surface area contributed by atoms with E-state index in [4.69, 9.17) is 0 Å². The highest BCUT2D eigenvalue weighted by atomic mass is 32.2. The maximum absolute atomic E-state index is 12.7. The molecule has 1 aromatic heterocycles. The second-order valence-electron chi connectivity index (χ2n) is 5.61. The van der Waals surface area contributed by atoms with Crippen LogP contribution in [0.4, 0.5) is 10.8 Å². The number of para-hydroxylation sites is 1. The summed E-state index contributed by atoms with van der Waals surface area (Å²) in [5.74, 6) is 0.243. The average molecular weight is 395 g/mol. The zero-order valence-electron chi connectivity index (χ0n) is 13.9. The Morgan fingerprint density at radius 3 is 2.96 bits per heavy atom. The van der Waals surface area contributed by atoms with Gasteiger partial charge in [-0.05, 0) is 25.5 Å². The van der Waals surface area contributed by atoms with Crippen LogP contribution in [0.15, 0.2) is 33.5 Å². The van der Waals surface area contributed by atoms with Crippen molar-refractivity contribution in [1.82, 2.24) is 10.2 Å². The van der Waals surface area contributed by atoms with Gasteiger partial charge in [0.25, 0.3) is 5.91 Å². The van der Waals surface area contributed by atoms with Crippen molar-refractivity contribution in [2.45, 2.75) is 40.7 Å². The number of nitrogens with one attached hydrogen (secondary N) is 2. The molecule has 2 aromatic rings. The molecule has 0 spiro atoms. The van der Waals surface area contributed by atoms with Crippen LogP contribution >= 0.6 is 34.9 Å². The molecule has 0 bridgehead atoms. The monoisotopic (exact) mass is 394 g/mol. The molecule has 2 heterocycles. The van der Waals surface area contributed by atoms with Crippen LogP contribution in [0.1, 0.15) is 26.7 Å². The second kappa shape index (κ2) is 7.76. The number of rotatable bonds is 6. The van der Waals surface area contributed by atoms with E-state index in [0.717, 1.165) is 33.5 Å². The molecule has 132 valence electrons. The summed E-state index contributed by atoms with van der Waals surface area (Å²) in [7, 11) is 0. The molecule has 2 N–H and O–H groups in total. The van der Waals surface area contributed by atoms with Gasteiger partial charge in [0.15, 0.2) is 9.09 Å². The van der Waals surface area contributed by atoms with E-state index < -0.39 is 10.7 Å². The molecule has 0 fully saturated rings. The summed E-state index contributed by atoms with van der Waals surface area (Å²) < 4.78 is -0.435. The summed E-state index contributed by atoms with van der Waals surface area (Å²) in [4.78, 5) is 26.0. The van der Waals surface area contributed by atoms with E-state index in [1.54, 1.807) is 18.7 Å². The predicted molar refractivity (Wildman–Crippen MR) is 104 cm³/mol. The van der Waals surface area contributed by atoms with Gasteiger partial charge in [-0.1, -0.05) is 60.3 Å². The molecule has 3 rings (SSSR count). The summed E-state index contributed by atoms with van der Waals surface area (Å²) in [6, 6.07) is 7.44. The van der Waals surface area contributed by atoms with Gasteiger partial charge in [0.05, 0.1) is 5.69 Å². The number of unbranched alkanes of at least 4 members (excludes halogenated alkanes) is 1. The van der Waals surface area contributed by atoms with Crippen molar-refractivity contribution < 1.29 is 9.59 Å². The van der Waals surface area contributed by atoms with Gasteiger partial charge in [-0.15, -0.1) is 10.2 Å². The first kappa shape index (κ1) is 18.2. The van der Waals surface area contributed by atoms with Crippen LogP contribution in [-0.2, 0) is 9.59 Å². The Balaban J connectivity index is 1.69. The van der Waals surface area contributed by atoms with E-state index in [-0.39, 0.29) is 5.91 Å². The molecule has 0 saturated carbocycles. The topological polar surface area (TPSA) is 84.0 Å². The minimum Gasteiger partial charge on any atom is -0.323 e. The Morgan fingerprint density at radius 2 is 2.16 bits per heavy atom. The lowest BCUT2D eigenvalue weighted by molar-refractivity contribution is -0.126. The number of hydrogen-bond donors (Lipinski definition) is 2. The van der Waals surface area contributed by atoms with Crippen LogP contribution in [0.2, 0.25) is 0 Å². The summed E-state index contributed by atoms with van der Waals surface area (Å²) in [6.07, 6.45) is 2.24. The standard InChI is InChI=1S/C16H18N4O2S3/c1-3-4-9-23-15-20-19-14(24-15)18-13(22)16(2)12(21)17-10-7-5-6-8-11(10)25-16/h5-8H,3-4,9H2,1-2H3,(H,17,21)(H,18,19,22). The molecular formula is C16H18N4O2S3. The Bertz CT molecular complexity index is 795. The molecule has 9 heteroatoms. The Kier molecular flexibility index (Phi) is 5.65. The first-order valence-electron chi connectivity index (χ1n) is 7.90. The number of fused-ring (bicyclic) bond motifs is 1. The number of hydrogen-bond acceptors (Lipinski definition) is 7.